The summed E-state index contributed by atoms with van der Waals surface area (Å²) >= 11 is 0. The zero-order valence-corrected chi connectivity index (χ0v) is 21.8. The van der Waals surface area contributed by atoms with Gasteiger partial charge in [0, 0.05) is 26.3 Å². The number of benzene rings is 1. The number of esters is 3. The molecule has 3 aliphatic rings. The van der Waals surface area contributed by atoms with Crippen molar-refractivity contribution in [2.24, 2.45) is 11.3 Å². The number of fused-ring (bicyclic) bond motifs is 1. The van der Waals surface area contributed by atoms with Crippen molar-refractivity contribution >= 4 is 24.0 Å². The molecule has 7 atom stereocenters. The number of ether oxygens (including phenoxy) is 4. The fourth-order valence-electron chi connectivity index (χ4n) is 6.77. The minimum Gasteiger partial charge on any atom is -0.458 e. The zero-order chi connectivity index (χ0) is 26.5. The summed E-state index contributed by atoms with van der Waals surface area (Å²) < 4.78 is 24.2. The average molecular weight is 501 g/mol. The van der Waals surface area contributed by atoms with Crippen LogP contribution in [0.4, 0.5) is 0 Å². The molecule has 0 amide bonds. The van der Waals surface area contributed by atoms with Gasteiger partial charge in [0.05, 0.1) is 16.6 Å². The first-order valence-electron chi connectivity index (χ1n) is 12.4. The molecule has 2 saturated carbocycles. The van der Waals surface area contributed by atoms with Crippen molar-refractivity contribution in [1.29, 1.82) is 0 Å². The van der Waals surface area contributed by atoms with Crippen LogP contribution in [-0.2, 0) is 33.3 Å². The Bertz CT molecular complexity index is 1060. The summed E-state index contributed by atoms with van der Waals surface area (Å²) in [6.07, 6.45) is 1.25. The first-order valence-corrected chi connectivity index (χ1v) is 12.4. The molecule has 3 fully saturated rings. The third kappa shape index (κ3) is 4.24. The summed E-state index contributed by atoms with van der Waals surface area (Å²) in [7, 11) is 0. The Balaban J connectivity index is 1.78. The number of hydrogen-bond donors (Lipinski definition) is 1. The van der Waals surface area contributed by atoms with Crippen molar-refractivity contribution in [3.63, 3.8) is 0 Å². The maximum absolute atomic E-state index is 13.0. The van der Waals surface area contributed by atoms with Crippen LogP contribution in [0.5, 0.6) is 0 Å². The maximum atomic E-state index is 13.0. The lowest BCUT2D eigenvalue weighted by Gasteiger charge is -2.63. The molecule has 36 heavy (non-hydrogen) atoms. The first kappa shape index (κ1) is 26.4. The second-order valence-corrected chi connectivity index (χ2v) is 11.3. The monoisotopic (exact) mass is 500 g/mol. The lowest BCUT2D eigenvalue weighted by Crippen LogP contribution is -2.77. The molecule has 1 aromatic rings. The standard InChI is InChI=1S/C28H36O8/c1-17(29)33-21-16-26(5,32)28-15-20(25(3,4)36-28)14-22(27(28,6)24(21)34-18(2)30)35-23(31)13-12-19-10-8-7-9-11-19/h7-13,20-22,24,32H,14-16H2,1-6H3/b13-12+/t20?,21-,22-,24-,26+,27-,28?/m1/s1. The quantitative estimate of drug-likeness (QED) is 0.371. The fraction of sp³-hybridized carbons (Fsp3) is 0.607. The van der Waals surface area contributed by atoms with Gasteiger partial charge in [-0.3, -0.25) is 9.59 Å². The molecule has 1 N–H and O–H groups in total. The normalized spacial score (nSPS) is 38.8. The Morgan fingerprint density at radius 1 is 0.972 bits per heavy atom. The van der Waals surface area contributed by atoms with Gasteiger partial charge < -0.3 is 24.1 Å². The SMILES string of the molecule is CC(=O)O[C@@H]1[C@H](OC(C)=O)C[C@](C)(O)C23CC(C[C@@H](OC(=O)/C=C/c4ccccc4)[C@]12C)C(C)(C)O3. The van der Waals surface area contributed by atoms with Crippen LogP contribution < -0.4 is 0 Å². The first-order chi connectivity index (χ1) is 16.7. The van der Waals surface area contributed by atoms with E-state index in [2.05, 4.69) is 0 Å². The van der Waals surface area contributed by atoms with E-state index in [0.717, 1.165) is 5.56 Å². The minimum absolute atomic E-state index is 0.0114. The third-order valence-electron chi connectivity index (χ3n) is 8.47. The van der Waals surface area contributed by atoms with Crippen LogP contribution in [0.25, 0.3) is 6.08 Å². The average Bonchev–Trinajstić information content (AvgIpc) is 3.02. The van der Waals surface area contributed by atoms with Crippen LogP contribution in [0, 0.1) is 11.3 Å². The van der Waals surface area contributed by atoms with E-state index in [4.69, 9.17) is 18.9 Å². The van der Waals surface area contributed by atoms with Gasteiger partial charge in [0.25, 0.3) is 0 Å². The number of hydrogen-bond acceptors (Lipinski definition) is 8. The molecule has 8 nitrogen and oxygen atoms in total. The van der Waals surface area contributed by atoms with Crippen molar-refractivity contribution < 1.29 is 38.4 Å². The highest BCUT2D eigenvalue weighted by molar-refractivity contribution is 5.87. The van der Waals surface area contributed by atoms with Gasteiger partial charge in [-0.1, -0.05) is 30.3 Å². The molecule has 1 saturated heterocycles. The van der Waals surface area contributed by atoms with E-state index in [9.17, 15) is 19.5 Å². The van der Waals surface area contributed by atoms with Gasteiger partial charge in [0.2, 0.25) is 0 Å². The van der Waals surface area contributed by atoms with E-state index < -0.39 is 58.4 Å². The van der Waals surface area contributed by atoms with Crippen molar-refractivity contribution in [1.82, 2.24) is 0 Å². The fourth-order valence-corrected chi connectivity index (χ4v) is 6.77. The smallest absolute Gasteiger partial charge is 0.331 e. The Labute approximate surface area is 211 Å². The highest BCUT2D eigenvalue weighted by Gasteiger charge is 2.79. The molecule has 4 rings (SSSR count). The van der Waals surface area contributed by atoms with Crippen LogP contribution in [0.3, 0.4) is 0 Å². The molecule has 8 heteroatoms. The molecule has 0 radical (unpaired) electrons. The molecule has 0 aromatic heterocycles. The third-order valence-corrected chi connectivity index (χ3v) is 8.47. The minimum atomic E-state index is -1.46. The van der Waals surface area contributed by atoms with Crippen molar-refractivity contribution in [3.8, 4) is 0 Å². The van der Waals surface area contributed by atoms with Gasteiger partial charge in [-0.05, 0) is 58.1 Å². The van der Waals surface area contributed by atoms with Gasteiger partial charge >= 0.3 is 17.9 Å². The summed E-state index contributed by atoms with van der Waals surface area (Å²) in [5, 5.41) is 11.9. The summed E-state index contributed by atoms with van der Waals surface area (Å²) in [5.74, 6) is -1.71. The van der Waals surface area contributed by atoms with E-state index >= 15 is 0 Å². The predicted octanol–water partition coefficient (Wildman–Crippen LogP) is 3.59. The van der Waals surface area contributed by atoms with Gasteiger partial charge in [-0.15, -0.1) is 0 Å². The molecule has 1 aliphatic heterocycles. The topological polar surface area (TPSA) is 108 Å². The van der Waals surface area contributed by atoms with Crippen molar-refractivity contribution in [2.75, 3.05) is 0 Å². The number of carbonyl (C=O) groups excluding carboxylic acids is 3. The van der Waals surface area contributed by atoms with Crippen LogP contribution >= 0.6 is 0 Å². The molecule has 196 valence electrons. The van der Waals surface area contributed by atoms with E-state index in [-0.39, 0.29) is 12.3 Å². The second kappa shape index (κ2) is 8.99. The Morgan fingerprint density at radius 3 is 2.22 bits per heavy atom. The zero-order valence-electron chi connectivity index (χ0n) is 21.8. The van der Waals surface area contributed by atoms with Gasteiger partial charge in [-0.25, -0.2) is 4.79 Å². The van der Waals surface area contributed by atoms with Gasteiger partial charge in [0.15, 0.2) is 6.10 Å². The molecule has 1 heterocycles. The summed E-state index contributed by atoms with van der Waals surface area (Å²) in [6.45, 7) is 9.93. The highest BCUT2D eigenvalue weighted by atomic mass is 16.6. The molecule has 2 bridgehead atoms. The lowest BCUT2D eigenvalue weighted by molar-refractivity contribution is -0.325. The Kier molecular flexibility index (Phi) is 6.58. The Hall–Kier alpha value is -2.71. The largest absolute Gasteiger partial charge is 0.458 e. The van der Waals surface area contributed by atoms with Gasteiger partial charge in [-0.2, -0.15) is 0 Å². The number of carbonyl (C=O) groups is 3. The maximum Gasteiger partial charge on any atom is 0.331 e. The van der Waals surface area contributed by atoms with E-state index in [1.807, 2.05) is 44.2 Å². The lowest BCUT2D eigenvalue weighted by atomic mass is 9.48. The molecular formula is C28H36O8. The molecule has 2 unspecified atom stereocenters. The van der Waals surface area contributed by atoms with Gasteiger partial charge in [0.1, 0.15) is 17.8 Å². The molecular weight excluding hydrogens is 464 g/mol. The summed E-state index contributed by atoms with van der Waals surface area (Å²) in [5.41, 5.74) is -3.66. The summed E-state index contributed by atoms with van der Waals surface area (Å²) in [4.78, 5) is 37.3. The molecule has 1 spiro atoms. The van der Waals surface area contributed by atoms with Crippen LogP contribution in [0.1, 0.15) is 66.4 Å². The molecule has 1 aromatic carbocycles. The number of aliphatic hydroxyl groups is 1. The van der Waals surface area contributed by atoms with Crippen molar-refractivity contribution in [2.45, 2.75) is 95.9 Å². The number of rotatable bonds is 5. The highest BCUT2D eigenvalue weighted by Crippen LogP contribution is 2.68. The van der Waals surface area contributed by atoms with Crippen LogP contribution in [0.2, 0.25) is 0 Å². The van der Waals surface area contributed by atoms with E-state index in [1.165, 1.54) is 19.9 Å². The molecule has 2 aliphatic carbocycles. The predicted molar refractivity (Wildman–Crippen MR) is 130 cm³/mol. The van der Waals surface area contributed by atoms with Crippen molar-refractivity contribution in [3.05, 3.63) is 42.0 Å². The van der Waals surface area contributed by atoms with Crippen LogP contribution in [-0.4, -0.2) is 58.1 Å². The van der Waals surface area contributed by atoms with E-state index in [0.29, 0.717) is 12.8 Å². The second-order valence-electron chi connectivity index (χ2n) is 11.3. The summed E-state index contributed by atoms with van der Waals surface area (Å²) in [6, 6.07) is 9.37. The Morgan fingerprint density at radius 2 is 1.61 bits per heavy atom. The van der Waals surface area contributed by atoms with E-state index in [1.54, 1.807) is 19.9 Å². The van der Waals surface area contributed by atoms with Crippen LogP contribution in [0.15, 0.2) is 36.4 Å².